The Morgan fingerprint density at radius 2 is 0.577 bits per heavy atom. The molecule has 0 aliphatic heterocycles. The molecule has 0 N–H and O–H groups in total. The summed E-state index contributed by atoms with van der Waals surface area (Å²) in [4.78, 5) is 0. The normalized spacial score (nSPS) is 13.1. The minimum Gasteiger partial charge on any atom is -0.0623 e. The molecule has 15 aromatic rings. The average Bonchev–Trinajstić information content (AvgIpc) is 3.91. The van der Waals surface area contributed by atoms with E-state index in [1.54, 1.807) is 0 Å². The van der Waals surface area contributed by atoms with Crippen molar-refractivity contribution in [3.63, 3.8) is 0 Å². The van der Waals surface area contributed by atoms with Crippen molar-refractivity contribution in [2.24, 2.45) is 0 Å². The number of fused-ring (bicyclic) bond motifs is 3. The second-order valence-corrected chi connectivity index (χ2v) is 26.1. The van der Waals surface area contributed by atoms with Crippen LogP contribution < -0.4 is 20.7 Å². The van der Waals surface area contributed by atoms with Crippen molar-refractivity contribution < 1.29 is 0 Å². The van der Waals surface area contributed by atoms with E-state index in [1.807, 2.05) is 0 Å². The van der Waals surface area contributed by atoms with Crippen LogP contribution in [0.4, 0.5) is 0 Å². The van der Waals surface area contributed by atoms with Gasteiger partial charge in [0.2, 0.25) is 0 Å². The molecule has 0 saturated heterocycles. The minimum atomic E-state index is -2.71. The van der Waals surface area contributed by atoms with Crippen LogP contribution in [0.3, 0.4) is 0 Å². The molecule has 15 aromatic carbocycles. The summed E-state index contributed by atoms with van der Waals surface area (Å²) in [6.07, 6.45) is 0. The van der Waals surface area contributed by atoms with Crippen LogP contribution in [0.1, 0.15) is 25.0 Å². The van der Waals surface area contributed by atoms with Crippen LogP contribution in [0, 0.1) is 0 Å². The lowest BCUT2D eigenvalue weighted by Crippen LogP contribution is -2.74. The van der Waals surface area contributed by atoms with E-state index in [9.17, 15) is 0 Å². The lowest BCUT2D eigenvalue weighted by Gasteiger charge is -2.34. The summed E-state index contributed by atoms with van der Waals surface area (Å²) in [7, 11) is -2.71. The molecule has 364 valence electrons. The van der Waals surface area contributed by atoms with Gasteiger partial charge >= 0.3 is 0 Å². The van der Waals surface area contributed by atoms with E-state index < -0.39 is 8.07 Å². The molecular formula is C77H52Si. The third-order valence-electron chi connectivity index (χ3n) is 17.9. The number of rotatable bonds is 8. The molecule has 0 aromatic heterocycles. The van der Waals surface area contributed by atoms with Crippen molar-refractivity contribution in [1.82, 2.24) is 0 Å². The summed E-state index contributed by atoms with van der Waals surface area (Å²) >= 11 is 0. The van der Waals surface area contributed by atoms with Crippen LogP contribution in [-0.4, -0.2) is 8.07 Å². The molecule has 0 spiro atoms. The molecule has 0 amide bonds. The van der Waals surface area contributed by atoms with Gasteiger partial charge in [-0.05, 0) is 182 Å². The van der Waals surface area contributed by atoms with Crippen molar-refractivity contribution in [2.45, 2.75) is 19.3 Å². The van der Waals surface area contributed by atoms with Gasteiger partial charge in [-0.3, -0.25) is 0 Å². The Bertz CT molecular complexity index is 4710. The maximum Gasteiger partial charge on any atom is 0.179 e. The third-order valence-corrected chi connectivity index (χ3v) is 22.7. The van der Waals surface area contributed by atoms with E-state index in [0.717, 1.165) is 0 Å². The van der Waals surface area contributed by atoms with E-state index in [0.29, 0.717) is 0 Å². The SMILES string of the molecule is CC1(C)c2cc(-c3cc(-c4ccc([Si](c5ccccc5)(c5ccccc5)c5ccccc5)cc4)cc(-c4ccc5ccc6cccc7ccc4c5c67)c3)ccc2-c2ccc(-c3ccc4ccc5cccc6ccc3c4c56)cc21. The molecule has 1 aliphatic carbocycles. The Kier molecular flexibility index (Phi) is 9.81. The highest BCUT2D eigenvalue weighted by molar-refractivity contribution is 7.19. The molecule has 1 heteroatoms. The topological polar surface area (TPSA) is 0 Å². The van der Waals surface area contributed by atoms with Gasteiger partial charge in [0.1, 0.15) is 0 Å². The predicted octanol–water partition coefficient (Wildman–Crippen LogP) is 17.8. The molecule has 0 atom stereocenters. The van der Waals surface area contributed by atoms with Gasteiger partial charge in [0.15, 0.2) is 8.07 Å². The summed E-state index contributed by atoms with van der Waals surface area (Å²) in [5.74, 6) is 0. The van der Waals surface area contributed by atoms with Crippen LogP contribution in [0.2, 0.25) is 0 Å². The maximum absolute atomic E-state index is 2.71. The lowest BCUT2D eigenvalue weighted by atomic mass is 9.80. The molecular weight excluding hydrogens is 953 g/mol. The molecule has 78 heavy (non-hydrogen) atoms. The second kappa shape index (κ2) is 17.1. The zero-order chi connectivity index (χ0) is 51.7. The van der Waals surface area contributed by atoms with Crippen molar-refractivity contribution in [2.75, 3.05) is 0 Å². The van der Waals surface area contributed by atoms with Crippen molar-refractivity contribution in [1.29, 1.82) is 0 Å². The van der Waals surface area contributed by atoms with Crippen molar-refractivity contribution in [3.8, 4) is 55.6 Å². The monoisotopic (exact) mass is 1000 g/mol. The van der Waals surface area contributed by atoms with Crippen LogP contribution >= 0.6 is 0 Å². The van der Waals surface area contributed by atoms with Crippen molar-refractivity contribution >= 4 is 93.5 Å². The Hall–Kier alpha value is -9.40. The Morgan fingerprint density at radius 1 is 0.231 bits per heavy atom. The van der Waals surface area contributed by atoms with E-state index in [-0.39, 0.29) is 5.41 Å². The summed E-state index contributed by atoms with van der Waals surface area (Å²) in [5, 5.41) is 21.2. The first kappa shape index (κ1) is 44.9. The van der Waals surface area contributed by atoms with Gasteiger partial charge < -0.3 is 0 Å². The van der Waals surface area contributed by atoms with Gasteiger partial charge in [-0.2, -0.15) is 0 Å². The molecule has 0 nitrogen and oxygen atoms in total. The smallest absolute Gasteiger partial charge is 0.0623 e. The van der Waals surface area contributed by atoms with Gasteiger partial charge in [-0.1, -0.05) is 263 Å². The van der Waals surface area contributed by atoms with Gasteiger partial charge in [0.05, 0.1) is 0 Å². The van der Waals surface area contributed by atoms with Crippen LogP contribution in [0.15, 0.2) is 279 Å². The fourth-order valence-corrected chi connectivity index (χ4v) is 18.9. The summed E-state index contributed by atoms with van der Waals surface area (Å²) in [6, 6.07) is 106. The molecule has 0 heterocycles. The molecule has 1 aliphatic rings. The van der Waals surface area contributed by atoms with Gasteiger partial charge in [-0.15, -0.1) is 0 Å². The molecule has 0 bridgehead atoms. The zero-order valence-corrected chi connectivity index (χ0v) is 44.6. The fourth-order valence-electron chi connectivity index (χ4n) is 14.2. The second-order valence-electron chi connectivity index (χ2n) is 22.3. The lowest BCUT2D eigenvalue weighted by molar-refractivity contribution is 0.661. The maximum atomic E-state index is 2.50. The van der Waals surface area contributed by atoms with Gasteiger partial charge in [0.25, 0.3) is 0 Å². The summed E-state index contributed by atoms with van der Waals surface area (Å²) in [5.41, 5.74) is 15.0. The third kappa shape index (κ3) is 6.59. The first-order chi connectivity index (χ1) is 38.4. The Morgan fingerprint density at radius 3 is 1.06 bits per heavy atom. The number of hydrogen-bond donors (Lipinski definition) is 0. The first-order valence-electron chi connectivity index (χ1n) is 27.5. The largest absolute Gasteiger partial charge is 0.179 e. The van der Waals surface area contributed by atoms with Gasteiger partial charge in [0, 0.05) is 5.41 Å². The predicted molar refractivity (Wildman–Crippen MR) is 337 cm³/mol. The van der Waals surface area contributed by atoms with E-state index in [4.69, 9.17) is 0 Å². The first-order valence-corrected chi connectivity index (χ1v) is 29.5. The highest BCUT2D eigenvalue weighted by Crippen LogP contribution is 2.52. The minimum absolute atomic E-state index is 0.227. The number of hydrogen-bond acceptors (Lipinski definition) is 0. The highest BCUT2D eigenvalue weighted by Gasteiger charge is 2.41. The van der Waals surface area contributed by atoms with Crippen LogP contribution in [-0.2, 0) is 5.41 Å². The van der Waals surface area contributed by atoms with E-state index >= 15 is 0 Å². The summed E-state index contributed by atoms with van der Waals surface area (Å²) in [6.45, 7) is 4.85. The molecule has 0 unspecified atom stereocenters. The van der Waals surface area contributed by atoms with E-state index in [2.05, 4.69) is 293 Å². The van der Waals surface area contributed by atoms with Crippen LogP contribution in [0.5, 0.6) is 0 Å². The molecule has 16 rings (SSSR count). The quantitative estimate of drug-likeness (QED) is 0.0808. The molecule has 0 fully saturated rings. The average molecular weight is 1010 g/mol. The number of benzene rings is 15. The fraction of sp³-hybridized carbons (Fsp3) is 0.0390. The van der Waals surface area contributed by atoms with E-state index in [1.165, 1.54) is 152 Å². The van der Waals surface area contributed by atoms with Crippen molar-refractivity contribution in [3.05, 3.63) is 290 Å². The van der Waals surface area contributed by atoms with Gasteiger partial charge in [-0.25, -0.2) is 0 Å². The zero-order valence-electron chi connectivity index (χ0n) is 43.6. The Labute approximate surface area is 455 Å². The highest BCUT2D eigenvalue weighted by atomic mass is 28.3. The standard InChI is InChI=1S/C77H52Si/c1-77(2)71-47-56(34-40-67(71)68-41-35-57(48-72(68)77)65-38-30-54-26-24-50-14-12-16-52-32-42-69(65)75(54)73(50)52)59-44-58(45-60(46-59)66-39-31-55-27-25-51-15-13-17-53-33-43-70(66)76(55)74(51)53)49-28-36-64(37-29-49)78(61-18-6-3-7-19-61,62-20-8-4-9-21-62)63-22-10-5-11-23-63/h3-48H,1-2H3. The Balaban J connectivity index is 0.852. The van der Waals surface area contributed by atoms with Crippen LogP contribution in [0.25, 0.3) is 120 Å². The summed E-state index contributed by atoms with van der Waals surface area (Å²) < 4.78 is 0. The molecule has 0 radical (unpaired) electrons. The molecule has 0 saturated carbocycles.